The first-order chi connectivity index (χ1) is 7.89. The lowest BCUT2D eigenvalue weighted by molar-refractivity contribution is -0.140. The molecule has 0 unspecified atom stereocenters. The summed E-state index contributed by atoms with van der Waals surface area (Å²) in [6.45, 7) is 0.149. The molecule has 0 bridgehead atoms. The second kappa shape index (κ2) is 3.96. The van der Waals surface area contributed by atoms with Crippen LogP contribution in [0.25, 0.3) is 0 Å². The lowest BCUT2D eigenvalue weighted by Gasteiger charge is -2.16. The van der Waals surface area contributed by atoms with Crippen molar-refractivity contribution in [2.45, 2.75) is 24.4 Å². The van der Waals surface area contributed by atoms with E-state index in [1.807, 2.05) is 0 Å². The van der Waals surface area contributed by atoms with E-state index in [-0.39, 0.29) is 6.61 Å². The molecule has 0 spiro atoms. The Bertz CT molecular complexity index is 426. The van der Waals surface area contributed by atoms with Gasteiger partial charge in [-0.05, 0) is 30.5 Å². The van der Waals surface area contributed by atoms with Crippen molar-refractivity contribution in [3.8, 4) is 0 Å². The van der Waals surface area contributed by atoms with Crippen LogP contribution in [0.2, 0.25) is 0 Å². The Morgan fingerprint density at radius 3 is 2.41 bits per heavy atom. The lowest BCUT2D eigenvalue weighted by atomic mass is 9.95. The average Bonchev–Trinajstić information content (AvgIpc) is 2.98. The van der Waals surface area contributed by atoms with E-state index in [2.05, 4.69) is 4.84 Å². The summed E-state index contributed by atoms with van der Waals surface area (Å²) in [5.41, 5.74) is -1.28. The van der Waals surface area contributed by atoms with Gasteiger partial charge in [0.05, 0.1) is 12.2 Å². The van der Waals surface area contributed by atoms with Gasteiger partial charge in [0.1, 0.15) is 5.82 Å². The van der Waals surface area contributed by atoms with E-state index in [4.69, 9.17) is 5.90 Å². The molecule has 0 atom stereocenters. The fraction of sp³-hybridized carbons (Fsp3) is 0.455. The maximum atomic E-state index is 13.1. The van der Waals surface area contributed by atoms with Gasteiger partial charge >= 0.3 is 6.18 Å². The molecule has 94 valence electrons. The summed E-state index contributed by atoms with van der Waals surface area (Å²) in [5, 5.41) is 0. The fourth-order valence-corrected chi connectivity index (χ4v) is 1.90. The minimum Gasteiger partial charge on any atom is -0.304 e. The molecule has 17 heavy (non-hydrogen) atoms. The Kier molecular flexibility index (Phi) is 2.87. The Labute approximate surface area is 95.3 Å². The number of nitrogens with two attached hydrogens (primary N) is 1. The van der Waals surface area contributed by atoms with E-state index in [0.29, 0.717) is 18.4 Å². The predicted octanol–water partition coefficient (Wildman–Crippen LogP) is 2.77. The smallest absolute Gasteiger partial charge is 0.304 e. The fourth-order valence-electron chi connectivity index (χ4n) is 1.90. The molecule has 6 heteroatoms. The van der Waals surface area contributed by atoms with Crippen LogP contribution in [0.15, 0.2) is 18.2 Å². The summed E-state index contributed by atoms with van der Waals surface area (Å²) >= 11 is 0. The van der Waals surface area contributed by atoms with Gasteiger partial charge in [0.25, 0.3) is 0 Å². The van der Waals surface area contributed by atoms with Crippen molar-refractivity contribution in [1.29, 1.82) is 0 Å². The molecule has 0 aliphatic heterocycles. The Morgan fingerprint density at radius 2 is 1.94 bits per heavy atom. The third-order valence-corrected chi connectivity index (χ3v) is 3.10. The maximum absolute atomic E-state index is 13.1. The number of rotatable bonds is 3. The Morgan fingerprint density at radius 1 is 1.29 bits per heavy atom. The zero-order valence-corrected chi connectivity index (χ0v) is 8.85. The van der Waals surface area contributed by atoms with Crippen LogP contribution in [0.5, 0.6) is 0 Å². The standard InChI is InChI=1S/C11H11F4NO/c12-9-2-1-7(5-8(9)11(13,14)15)10(3-4-10)6-17-16/h1-2,5H,3-4,6,16H2. The zero-order valence-electron chi connectivity index (χ0n) is 8.85. The summed E-state index contributed by atoms with van der Waals surface area (Å²) in [5.74, 6) is 3.69. The number of benzene rings is 1. The maximum Gasteiger partial charge on any atom is 0.419 e. The molecule has 1 fully saturated rings. The van der Waals surface area contributed by atoms with Crippen molar-refractivity contribution in [3.63, 3.8) is 0 Å². The number of halogens is 4. The quantitative estimate of drug-likeness (QED) is 0.660. The van der Waals surface area contributed by atoms with Crippen LogP contribution in [0, 0.1) is 5.82 Å². The van der Waals surface area contributed by atoms with Crippen molar-refractivity contribution in [3.05, 3.63) is 35.1 Å². The van der Waals surface area contributed by atoms with Crippen molar-refractivity contribution < 1.29 is 22.4 Å². The van der Waals surface area contributed by atoms with Crippen LogP contribution in [0.3, 0.4) is 0 Å². The Hall–Kier alpha value is -1.14. The molecule has 1 aliphatic carbocycles. The van der Waals surface area contributed by atoms with Crippen LogP contribution in [-0.2, 0) is 16.4 Å². The largest absolute Gasteiger partial charge is 0.419 e. The molecule has 2 rings (SSSR count). The molecule has 1 saturated carbocycles. The molecule has 2 N–H and O–H groups in total. The van der Waals surface area contributed by atoms with Crippen LogP contribution < -0.4 is 5.90 Å². The first-order valence-electron chi connectivity index (χ1n) is 5.08. The normalized spacial score (nSPS) is 18.2. The van der Waals surface area contributed by atoms with Crippen molar-refractivity contribution in [2.75, 3.05) is 6.61 Å². The van der Waals surface area contributed by atoms with Gasteiger partial charge in [-0.15, -0.1) is 0 Å². The molecule has 0 saturated heterocycles. The second-order valence-electron chi connectivity index (χ2n) is 4.28. The number of alkyl halides is 3. The first-order valence-corrected chi connectivity index (χ1v) is 5.08. The van der Waals surface area contributed by atoms with Crippen molar-refractivity contribution >= 4 is 0 Å². The Balaban J connectivity index is 2.38. The van der Waals surface area contributed by atoms with Gasteiger partial charge in [0.15, 0.2) is 0 Å². The van der Waals surface area contributed by atoms with Crippen molar-refractivity contribution in [1.82, 2.24) is 0 Å². The summed E-state index contributed by atoms with van der Waals surface area (Å²) in [4.78, 5) is 4.50. The zero-order chi connectivity index (χ0) is 12.7. The van der Waals surface area contributed by atoms with Gasteiger partial charge in [-0.2, -0.15) is 13.2 Å². The molecular weight excluding hydrogens is 238 g/mol. The monoisotopic (exact) mass is 249 g/mol. The third-order valence-electron chi connectivity index (χ3n) is 3.10. The van der Waals surface area contributed by atoms with E-state index in [1.54, 1.807) is 0 Å². The molecule has 0 heterocycles. The van der Waals surface area contributed by atoms with Crippen LogP contribution in [0.1, 0.15) is 24.0 Å². The minimum atomic E-state index is -4.68. The molecule has 0 radical (unpaired) electrons. The summed E-state index contributed by atoms with van der Waals surface area (Å²) in [7, 11) is 0. The van der Waals surface area contributed by atoms with Gasteiger partial charge in [-0.25, -0.2) is 10.3 Å². The number of hydrogen-bond donors (Lipinski definition) is 1. The van der Waals surface area contributed by atoms with Crippen LogP contribution in [-0.4, -0.2) is 6.61 Å². The van der Waals surface area contributed by atoms with E-state index >= 15 is 0 Å². The third kappa shape index (κ3) is 2.28. The summed E-state index contributed by atoms with van der Waals surface area (Å²) < 4.78 is 50.7. The van der Waals surface area contributed by atoms with Gasteiger partial charge < -0.3 is 4.84 Å². The average molecular weight is 249 g/mol. The van der Waals surface area contributed by atoms with E-state index in [1.165, 1.54) is 6.07 Å². The van der Waals surface area contributed by atoms with Gasteiger partial charge in [-0.1, -0.05) is 6.07 Å². The highest BCUT2D eigenvalue weighted by Gasteiger charge is 2.46. The van der Waals surface area contributed by atoms with Crippen molar-refractivity contribution in [2.24, 2.45) is 5.90 Å². The molecule has 1 aliphatic rings. The SMILES string of the molecule is NOCC1(c2ccc(F)c(C(F)(F)F)c2)CC1. The molecule has 1 aromatic rings. The highest BCUT2D eigenvalue weighted by Crippen LogP contribution is 2.49. The topological polar surface area (TPSA) is 35.2 Å². The first kappa shape index (κ1) is 12.3. The van der Waals surface area contributed by atoms with Crippen LogP contribution >= 0.6 is 0 Å². The second-order valence-corrected chi connectivity index (χ2v) is 4.28. The molecular formula is C11H11F4NO. The van der Waals surface area contributed by atoms with Gasteiger partial charge in [0, 0.05) is 5.41 Å². The summed E-state index contributed by atoms with van der Waals surface area (Å²) in [6.07, 6.45) is -3.28. The molecule has 0 aromatic heterocycles. The highest BCUT2D eigenvalue weighted by molar-refractivity contribution is 5.36. The predicted molar refractivity (Wildman–Crippen MR) is 52.5 cm³/mol. The molecule has 2 nitrogen and oxygen atoms in total. The highest BCUT2D eigenvalue weighted by atomic mass is 19.4. The summed E-state index contributed by atoms with van der Waals surface area (Å²) in [6, 6.07) is 3.05. The molecule has 0 amide bonds. The van der Waals surface area contributed by atoms with E-state index < -0.39 is 23.0 Å². The molecule has 1 aromatic carbocycles. The van der Waals surface area contributed by atoms with Crippen LogP contribution in [0.4, 0.5) is 17.6 Å². The van der Waals surface area contributed by atoms with E-state index in [9.17, 15) is 17.6 Å². The minimum absolute atomic E-state index is 0.149. The lowest BCUT2D eigenvalue weighted by Crippen LogP contribution is -2.19. The van der Waals surface area contributed by atoms with E-state index in [0.717, 1.165) is 12.1 Å². The van der Waals surface area contributed by atoms with Gasteiger partial charge in [-0.3, -0.25) is 0 Å². The number of hydrogen-bond acceptors (Lipinski definition) is 2. The van der Waals surface area contributed by atoms with Gasteiger partial charge in [0.2, 0.25) is 0 Å².